The second-order valence-electron chi connectivity index (χ2n) is 6.71. The lowest BCUT2D eigenvalue weighted by Gasteiger charge is -2.24. The molecule has 0 aliphatic rings. The third-order valence-electron chi connectivity index (χ3n) is 4.03. The molecule has 1 N–H and O–H groups in total. The normalized spacial score (nSPS) is 11.7. The highest BCUT2D eigenvalue weighted by Gasteiger charge is 2.24. The lowest BCUT2D eigenvalue weighted by Crippen LogP contribution is -2.13. The number of carboxylic acids is 1. The van der Waals surface area contributed by atoms with E-state index in [1.807, 2.05) is 17.5 Å². The third kappa shape index (κ3) is 2.95. The van der Waals surface area contributed by atoms with E-state index >= 15 is 0 Å². The maximum absolute atomic E-state index is 11.2. The van der Waals surface area contributed by atoms with Gasteiger partial charge in [0.15, 0.2) is 10.7 Å². The minimum absolute atomic E-state index is 0.0188. The Kier molecular flexibility index (Phi) is 4.20. The van der Waals surface area contributed by atoms with Gasteiger partial charge in [0.1, 0.15) is 11.5 Å². The van der Waals surface area contributed by atoms with Crippen LogP contribution in [0.3, 0.4) is 0 Å². The first kappa shape index (κ1) is 17.3. The van der Waals surface area contributed by atoms with Gasteiger partial charge in [-0.3, -0.25) is 4.40 Å². The Bertz CT molecular complexity index is 950. The molecular formula is C18H20N2O4S. The number of fused-ring (bicyclic) bond motifs is 1. The molecule has 6 nitrogen and oxygen atoms in total. The molecule has 1 aromatic carbocycles. The van der Waals surface area contributed by atoms with Gasteiger partial charge >= 0.3 is 5.97 Å². The molecule has 0 atom stereocenters. The van der Waals surface area contributed by atoms with Crippen LogP contribution in [0.2, 0.25) is 0 Å². The van der Waals surface area contributed by atoms with E-state index in [0.29, 0.717) is 10.7 Å². The predicted molar refractivity (Wildman–Crippen MR) is 97.3 cm³/mol. The monoisotopic (exact) mass is 360 g/mol. The van der Waals surface area contributed by atoms with Crippen LogP contribution in [0.1, 0.15) is 36.8 Å². The highest BCUT2D eigenvalue weighted by atomic mass is 32.1. The summed E-state index contributed by atoms with van der Waals surface area (Å²) >= 11 is 1.38. The second-order valence-corrected chi connectivity index (χ2v) is 7.54. The third-order valence-corrected chi connectivity index (χ3v) is 4.87. The number of aromatic carboxylic acids is 1. The predicted octanol–water partition coefficient (Wildman–Crippen LogP) is 4.08. The number of nitrogens with zero attached hydrogens (tertiary/aromatic N) is 2. The van der Waals surface area contributed by atoms with Gasteiger partial charge in [0.2, 0.25) is 0 Å². The fourth-order valence-electron chi connectivity index (χ4n) is 2.76. The molecule has 0 saturated carbocycles. The number of aromatic nitrogens is 2. The van der Waals surface area contributed by atoms with Crippen molar-refractivity contribution in [2.24, 2.45) is 0 Å². The number of hydrogen-bond acceptors (Lipinski definition) is 5. The smallest absolute Gasteiger partial charge is 0.356 e. The number of methoxy groups -OCH3 is 2. The highest BCUT2D eigenvalue weighted by molar-refractivity contribution is 7.15. The molecular weight excluding hydrogens is 340 g/mol. The summed E-state index contributed by atoms with van der Waals surface area (Å²) in [5.41, 5.74) is 2.60. The summed E-state index contributed by atoms with van der Waals surface area (Å²) in [7, 11) is 3.27. The zero-order chi connectivity index (χ0) is 18.4. The van der Waals surface area contributed by atoms with E-state index in [4.69, 9.17) is 14.6 Å². The first-order valence-corrected chi connectivity index (χ1v) is 8.61. The average molecular weight is 360 g/mol. The number of hydrogen-bond donors (Lipinski definition) is 1. The molecule has 2 aromatic heterocycles. The fraction of sp³-hybridized carbons (Fsp3) is 0.333. The van der Waals surface area contributed by atoms with Crippen LogP contribution in [0, 0.1) is 0 Å². The van der Waals surface area contributed by atoms with Gasteiger partial charge in [0.25, 0.3) is 0 Å². The van der Waals surface area contributed by atoms with E-state index in [2.05, 4.69) is 25.8 Å². The summed E-state index contributed by atoms with van der Waals surface area (Å²) in [4.78, 5) is 15.9. The quantitative estimate of drug-likeness (QED) is 0.759. The number of benzene rings is 1. The van der Waals surface area contributed by atoms with Crippen molar-refractivity contribution in [3.63, 3.8) is 0 Å². The van der Waals surface area contributed by atoms with E-state index in [9.17, 15) is 4.79 Å². The van der Waals surface area contributed by atoms with E-state index < -0.39 is 5.97 Å². The fourth-order valence-corrected chi connectivity index (χ4v) is 3.64. The van der Waals surface area contributed by atoms with E-state index in [1.54, 1.807) is 18.6 Å². The van der Waals surface area contributed by atoms with Crippen molar-refractivity contribution >= 4 is 22.3 Å². The Labute approximate surface area is 149 Å². The van der Waals surface area contributed by atoms with Crippen molar-refractivity contribution in [3.8, 4) is 22.8 Å². The zero-order valence-electron chi connectivity index (χ0n) is 14.8. The first-order valence-electron chi connectivity index (χ1n) is 7.73. The van der Waals surface area contributed by atoms with Gasteiger partial charge in [-0.05, 0) is 17.5 Å². The van der Waals surface area contributed by atoms with Crippen LogP contribution in [0.25, 0.3) is 16.2 Å². The molecule has 0 unspecified atom stereocenters. The van der Waals surface area contributed by atoms with Crippen LogP contribution >= 0.6 is 11.3 Å². The summed E-state index contributed by atoms with van der Waals surface area (Å²) in [5.74, 6) is 0.423. The highest BCUT2D eigenvalue weighted by Crippen LogP contribution is 2.41. The minimum atomic E-state index is -1.05. The van der Waals surface area contributed by atoms with Crippen LogP contribution in [-0.4, -0.2) is 34.7 Å². The van der Waals surface area contributed by atoms with Crippen LogP contribution in [0.4, 0.5) is 0 Å². The van der Waals surface area contributed by atoms with E-state index in [-0.39, 0.29) is 11.1 Å². The van der Waals surface area contributed by atoms with Crippen molar-refractivity contribution < 1.29 is 19.4 Å². The molecule has 3 aromatic rings. The van der Waals surface area contributed by atoms with Gasteiger partial charge < -0.3 is 14.6 Å². The SMILES string of the molecule is COc1cc(C(C)(C)C)c(OC)cc1-c1csc2nc(C(=O)O)cn12. The van der Waals surface area contributed by atoms with Crippen molar-refractivity contribution in [2.45, 2.75) is 26.2 Å². The molecule has 0 bridgehead atoms. The molecule has 0 fully saturated rings. The van der Waals surface area contributed by atoms with Crippen LogP contribution < -0.4 is 9.47 Å². The number of carboxylic acid groups (broad SMARTS) is 1. The zero-order valence-corrected chi connectivity index (χ0v) is 15.6. The van der Waals surface area contributed by atoms with Gasteiger partial charge in [0.05, 0.1) is 19.9 Å². The Morgan fingerprint density at radius 3 is 2.44 bits per heavy atom. The van der Waals surface area contributed by atoms with Crippen molar-refractivity contribution in [3.05, 3.63) is 35.0 Å². The molecule has 2 heterocycles. The molecule has 0 aliphatic carbocycles. The lowest BCUT2D eigenvalue weighted by atomic mass is 9.85. The van der Waals surface area contributed by atoms with Crippen LogP contribution in [0.15, 0.2) is 23.7 Å². The molecule has 0 saturated heterocycles. The molecule has 0 radical (unpaired) electrons. The molecule has 3 rings (SSSR count). The number of imidazole rings is 1. The van der Waals surface area contributed by atoms with Crippen LogP contribution in [-0.2, 0) is 5.41 Å². The Morgan fingerprint density at radius 1 is 1.20 bits per heavy atom. The number of ether oxygens (including phenoxy) is 2. The number of thiazole rings is 1. The number of rotatable bonds is 4. The summed E-state index contributed by atoms with van der Waals surface area (Å²) in [6, 6.07) is 3.91. The molecule has 0 amide bonds. The van der Waals surface area contributed by atoms with Crippen molar-refractivity contribution in [1.29, 1.82) is 0 Å². The topological polar surface area (TPSA) is 73.1 Å². The van der Waals surface area contributed by atoms with Gasteiger partial charge in [-0.1, -0.05) is 20.8 Å². The van der Waals surface area contributed by atoms with E-state index in [0.717, 1.165) is 22.6 Å². The molecule has 25 heavy (non-hydrogen) atoms. The van der Waals surface area contributed by atoms with E-state index in [1.165, 1.54) is 17.5 Å². The maximum atomic E-state index is 11.2. The summed E-state index contributed by atoms with van der Waals surface area (Å²) in [5, 5.41) is 11.1. The maximum Gasteiger partial charge on any atom is 0.356 e. The molecule has 0 spiro atoms. The average Bonchev–Trinajstić information content (AvgIpc) is 3.13. The summed E-state index contributed by atoms with van der Waals surface area (Å²) in [6.07, 6.45) is 1.52. The molecule has 0 aliphatic heterocycles. The van der Waals surface area contributed by atoms with Gasteiger partial charge in [-0.15, -0.1) is 11.3 Å². The molecule has 7 heteroatoms. The Hall–Kier alpha value is -2.54. The largest absolute Gasteiger partial charge is 0.496 e. The number of carbonyl (C=O) groups is 1. The Balaban J connectivity index is 2.25. The standard InChI is InChI=1S/C18H20N2O4S/c1-18(2,3)11-7-14(23-4)10(6-15(11)24-5)13-9-25-17-19-12(16(21)22)8-20(13)17/h6-9H,1-5H3,(H,21,22). The van der Waals surface area contributed by atoms with Crippen molar-refractivity contribution in [2.75, 3.05) is 14.2 Å². The van der Waals surface area contributed by atoms with Gasteiger partial charge in [-0.25, -0.2) is 9.78 Å². The minimum Gasteiger partial charge on any atom is -0.496 e. The van der Waals surface area contributed by atoms with Gasteiger partial charge in [-0.2, -0.15) is 0 Å². The molecule has 132 valence electrons. The Morgan fingerprint density at radius 2 is 1.88 bits per heavy atom. The van der Waals surface area contributed by atoms with Crippen molar-refractivity contribution in [1.82, 2.24) is 9.38 Å². The second kappa shape index (κ2) is 6.07. The lowest BCUT2D eigenvalue weighted by molar-refractivity contribution is 0.0691. The summed E-state index contributed by atoms with van der Waals surface area (Å²) < 4.78 is 13.0. The van der Waals surface area contributed by atoms with Gasteiger partial charge in [0, 0.05) is 22.7 Å². The summed E-state index contributed by atoms with van der Waals surface area (Å²) in [6.45, 7) is 6.34. The first-order chi connectivity index (χ1) is 11.8. The van der Waals surface area contributed by atoms with Crippen LogP contribution in [0.5, 0.6) is 11.5 Å².